The summed E-state index contributed by atoms with van der Waals surface area (Å²) < 4.78 is 13.2. The predicted molar refractivity (Wildman–Crippen MR) is 104 cm³/mol. The minimum atomic E-state index is -0.343. The van der Waals surface area contributed by atoms with Crippen LogP contribution in [0.3, 0.4) is 0 Å². The third-order valence-electron chi connectivity index (χ3n) is 4.03. The number of aromatic hydroxyl groups is 1. The van der Waals surface area contributed by atoms with Crippen LogP contribution in [-0.4, -0.2) is 16.0 Å². The summed E-state index contributed by atoms with van der Waals surface area (Å²) in [6.45, 7) is 0.382. The lowest BCUT2D eigenvalue weighted by atomic mass is 10.1. The van der Waals surface area contributed by atoms with E-state index in [1.54, 1.807) is 42.5 Å². The average molecular weight is 385 g/mol. The number of urea groups is 1. The molecule has 4 nitrogen and oxygen atoms in total. The van der Waals surface area contributed by atoms with E-state index in [0.29, 0.717) is 11.3 Å². The first-order valence-electron chi connectivity index (χ1n) is 8.34. The number of carbonyl (C=O) groups excluding carboxylic acids is 1. The Kier molecular flexibility index (Phi) is 5.94. The highest BCUT2D eigenvalue weighted by atomic mass is 35.5. The number of amides is 2. The summed E-state index contributed by atoms with van der Waals surface area (Å²) in [6.07, 6.45) is 0. The summed E-state index contributed by atoms with van der Waals surface area (Å²) in [5.74, 6) is -0.401. The molecule has 0 saturated heterocycles. The van der Waals surface area contributed by atoms with Crippen LogP contribution < -0.4 is 5.32 Å². The fraction of sp³-hybridized carbons (Fsp3) is 0.0952. The SMILES string of the molecule is O=C(Nc1ccccc1)N(Cc1ccc(F)cc1)Cc1cccc(Cl)c1O. The van der Waals surface area contributed by atoms with E-state index in [4.69, 9.17) is 11.6 Å². The van der Waals surface area contributed by atoms with Gasteiger partial charge in [0.15, 0.2) is 0 Å². The van der Waals surface area contributed by atoms with E-state index < -0.39 is 0 Å². The molecule has 0 heterocycles. The molecular formula is C21H18ClFN2O2. The topological polar surface area (TPSA) is 52.6 Å². The number of para-hydroxylation sites is 2. The molecule has 0 aliphatic heterocycles. The van der Waals surface area contributed by atoms with Gasteiger partial charge in [0.1, 0.15) is 11.6 Å². The van der Waals surface area contributed by atoms with E-state index in [1.807, 2.05) is 18.2 Å². The fourth-order valence-corrected chi connectivity index (χ4v) is 2.82. The van der Waals surface area contributed by atoms with Gasteiger partial charge in [0, 0.05) is 17.8 Å². The number of phenolic OH excluding ortho intramolecular Hbond substituents is 1. The first kappa shape index (κ1) is 18.7. The van der Waals surface area contributed by atoms with E-state index in [0.717, 1.165) is 5.56 Å². The highest BCUT2D eigenvalue weighted by Crippen LogP contribution is 2.28. The molecule has 3 aromatic carbocycles. The molecule has 3 aromatic rings. The second-order valence-corrected chi connectivity index (χ2v) is 6.43. The normalized spacial score (nSPS) is 10.4. The summed E-state index contributed by atoms with van der Waals surface area (Å²) in [7, 11) is 0. The van der Waals surface area contributed by atoms with Crippen molar-refractivity contribution in [2.24, 2.45) is 0 Å². The Balaban J connectivity index is 1.84. The second kappa shape index (κ2) is 8.56. The third kappa shape index (κ3) is 4.99. The van der Waals surface area contributed by atoms with Crippen LogP contribution in [-0.2, 0) is 13.1 Å². The lowest BCUT2D eigenvalue weighted by Crippen LogP contribution is -2.34. The molecule has 0 unspecified atom stereocenters. The lowest BCUT2D eigenvalue weighted by Gasteiger charge is -2.24. The van der Waals surface area contributed by atoms with Crippen molar-refractivity contribution in [3.63, 3.8) is 0 Å². The van der Waals surface area contributed by atoms with Gasteiger partial charge in [0.25, 0.3) is 0 Å². The van der Waals surface area contributed by atoms with Crippen LogP contribution in [0.2, 0.25) is 5.02 Å². The minimum Gasteiger partial charge on any atom is -0.506 e. The van der Waals surface area contributed by atoms with E-state index in [1.165, 1.54) is 17.0 Å². The summed E-state index contributed by atoms with van der Waals surface area (Å²) in [6, 6.07) is 19.7. The van der Waals surface area contributed by atoms with E-state index in [-0.39, 0.29) is 35.7 Å². The lowest BCUT2D eigenvalue weighted by molar-refractivity contribution is 0.206. The van der Waals surface area contributed by atoms with Crippen molar-refractivity contribution in [3.05, 3.63) is 94.8 Å². The summed E-state index contributed by atoms with van der Waals surface area (Å²) >= 11 is 5.97. The number of benzene rings is 3. The molecule has 0 aliphatic carbocycles. The third-order valence-corrected chi connectivity index (χ3v) is 4.34. The van der Waals surface area contributed by atoms with Crippen LogP contribution in [0, 0.1) is 5.82 Å². The van der Waals surface area contributed by atoms with Crippen molar-refractivity contribution >= 4 is 23.3 Å². The van der Waals surface area contributed by atoms with Gasteiger partial charge in [-0.3, -0.25) is 0 Å². The smallest absolute Gasteiger partial charge is 0.322 e. The molecule has 0 bridgehead atoms. The number of nitrogens with zero attached hydrogens (tertiary/aromatic N) is 1. The van der Waals surface area contributed by atoms with Gasteiger partial charge in [-0.1, -0.05) is 54.1 Å². The molecule has 0 spiro atoms. The zero-order valence-electron chi connectivity index (χ0n) is 14.4. The average Bonchev–Trinajstić information content (AvgIpc) is 2.67. The van der Waals surface area contributed by atoms with Gasteiger partial charge < -0.3 is 15.3 Å². The van der Waals surface area contributed by atoms with Crippen LogP contribution in [0.1, 0.15) is 11.1 Å². The van der Waals surface area contributed by atoms with E-state index in [9.17, 15) is 14.3 Å². The summed E-state index contributed by atoms with van der Waals surface area (Å²) in [5, 5.41) is 13.2. The summed E-state index contributed by atoms with van der Waals surface area (Å²) in [4.78, 5) is 14.3. The number of anilines is 1. The minimum absolute atomic E-state index is 0.0595. The molecule has 0 aliphatic rings. The largest absolute Gasteiger partial charge is 0.506 e. The Labute approximate surface area is 161 Å². The second-order valence-electron chi connectivity index (χ2n) is 6.03. The molecule has 138 valence electrons. The van der Waals surface area contributed by atoms with Crippen molar-refractivity contribution < 1.29 is 14.3 Å². The van der Waals surface area contributed by atoms with Crippen LogP contribution >= 0.6 is 11.6 Å². The van der Waals surface area contributed by atoms with Crippen LogP contribution in [0.5, 0.6) is 5.75 Å². The number of phenols is 1. The van der Waals surface area contributed by atoms with Crippen molar-refractivity contribution in [1.29, 1.82) is 0 Å². The zero-order valence-corrected chi connectivity index (χ0v) is 15.2. The molecular weight excluding hydrogens is 367 g/mol. The van der Waals surface area contributed by atoms with Crippen molar-refractivity contribution in [2.45, 2.75) is 13.1 Å². The molecule has 3 rings (SSSR count). The standard InChI is InChI=1S/C21H18ClFN2O2/c22-19-8-4-5-16(20(19)26)14-25(13-15-9-11-17(23)12-10-15)21(27)24-18-6-2-1-3-7-18/h1-12,26H,13-14H2,(H,24,27). The number of hydrogen-bond donors (Lipinski definition) is 2. The van der Waals surface area contributed by atoms with Crippen LogP contribution in [0.4, 0.5) is 14.9 Å². The maximum Gasteiger partial charge on any atom is 0.322 e. The Morgan fingerprint density at radius 2 is 1.67 bits per heavy atom. The van der Waals surface area contributed by atoms with Gasteiger partial charge in [-0.2, -0.15) is 0 Å². The maximum absolute atomic E-state index is 13.2. The molecule has 2 N–H and O–H groups in total. The Morgan fingerprint density at radius 3 is 2.37 bits per heavy atom. The number of nitrogens with one attached hydrogen (secondary N) is 1. The number of halogens is 2. The molecule has 2 amide bonds. The van der Waals surface area contributed by atoms with Gasteiger partial charge >= 0.3 is 6.03 Å². The molecule has 0 aromatic heterocycles. The van der Waals surface area contributed by atoms with Gasteiger partial charge in [0.2, 0.25) is 0 Å². The Morgan fingerprint density at radius 1 is 0.963 bits per heavy atom. The highest BCUT2D eigenvalue weighted by molar-refractivity contribution is 6.32. The van der Waals surface area contributed by atoms with Crippen molar-refractivity contribution in [2.75, 3.05) is 5.32 Å². The first-order chi connectivity index (χ1) is 13.0. The van der Waals surface area contributed by atoms with Crippen molar-refractivity contribution in [3.8, 4) is 5.75 Å². The molecule has 0 radical (unpaired) electrons. The van der Waals surface area contributed by atoms with Crippen LogP contribution in [0.25, 0.3) is 0 Å². The van der Waals surface area contributed by atoms with E-state index >= 15 is 0 Å². The monoisotopic (exact) mass is 384 g/mol. The molecule has 0 saturated carbocycles. The number of hydrogen-bond acceptors (Lipinski definition) is 2. The maximum atomic E-state index is 13.2. The van der Waals surface area contributed by atoms with Crippen LogP contribution in [0.15, 0.2) is 72.8 Å². The van der Waals surface area contributed by atoms with Crippen molar-refractivity contribution in [1.82, 2.24) is 4.90 Å². The quantitative estimate of drug-likeness (QED) is 0.617. The number of carbonyl (C=O) groups is 1. The van der Waals surface area contributed by atoms with Gasteiger partial charge in [-0.15, -0.1) is 0 Å². The fourth-order valence-electron chi connectivity index (χ4n) is 2.63. The molecule has 6 heteroatoms. The Hall–Kier alpha value is -3.05. The van der Waals surface area contributed by atoms with Gasteiger partial charge in [-0.25, -0.2) is 9.18 Å². The molecule has 0 atom stereocenters. The molecule has 0 fully saturated rings. The zero-order chi connectivity index (χ0) is 19.2. The van der Waals surface area contributed by atoms with Gasteiger partial charge in [-0.05, 0) is 35.9 Å². The highest BCUT2D eigenvalue weighted by Gasteiger charge is 2.17. The molecule has 27 heavy (non-hydrogen) atoms. The Bertz CT molecular complexity index is 917. The number of rotatable bonds is 5. The van der Waals surface area contributed by atoms with E-state index in [2.05, 4.69) is 5.32 Å². The summed E-state index contributed by atoms with van der Waals surface area (Å²) in [5.41, 5.74) is 1.94. The predicted octanol–water partition coefficient (Wildman–Crippen LogP) is 5.42. The first-order valence-corrected chi connectivity index (χ1v) is 8.72. The van der Waals surface area contributed by atoms with Gasteiger partial charge in [0.05, 0.1) is 11.6 Å².